The topological polar surface area (TPSA) is 85.4 Å². The highest BCUT2D eigenvalue weighted by Crippen LogP contribution is 2.20. The van der Waals surface area contributed by atoms with Gasteiger partial charge in [0.15, 0.2) is 0 Å². The molecular weight excluding hydrogens is 385 g/mol. The fourth-order valence-electron chi connectivity index (χ4n) is 3.37. The lowest BCUT2D eigenvalue weighted by molar-refractivity contribution is 0.185. The Labute approximate surface area is 173 Å². The van der Waals surface area contributed by atoms with Gasteiger partial charge in [0.2, 0.25) is 0 Å². The first-order valence-corrected chi connectivity index (χ1v) is 9.38. The van der Waals surface area contributed by atoms with Crippen molar-refractivity contribution in [1.29, 1.82) is 0 Å². The summed E-state index contributed by atoms with van der Waals surface area (Å²) in [4.78, 5) is 29.5. The normalized spacial score (nSPS) is 10.6. The monoisotopic (exact) mass is 407 g/mol. The number of carbonyl (C=O) groups excluding carboxylic acids is 1. The molecular formula is C23H22FN3O3. The number of aliphatic hydroxyl groups is 1. The molecule has 0 unspecified atom stereocenters. The predicted octanol–water partition coefficient (Wildman–Crippen LogP) is 3.29. The number of rotatable bonds is 5. The van der Waals surface area contributed by atoms with Crippen molar-refractivity contribution in [3.8, 4) is 12.3 Å². The number of terminal acetylenes is 1. The summed E-state index contributed by atoms with van der Waals surface area (Å²) >= 11 is 0. The van der Waals surface area contributed by atoms with Crippen LogP contribution in [0.25, 0.3) is 10.9 Å². The second kappa shape index (κ2) is 8.80. The number of pyridine rings is 1. The lowest BCUT2D eigenvalue weighted by Gasteiger charge is -2.22. The average molecular weight is 407 g/mol. The molecule has 0 saturated carbocycles. The van der Waals surface area contributed by atoms with E-state index in [1.54, 1.807) is 6.07 Å². The second-order valence-corrected chi connectivity index (χ2v) is 7.08. The molecule has 3 N–H and O–H groups in total. The fraction of sp³-hybridized carbons (Fsp3) is 0.217. The number of anilines is 1. The van der Waals surface area contributed by atoms with Gasteiger partial charge in [-0.05, 0) is 55.1 Å². The van der Waals surface area contributed by atoms with Crippen molar-refractivity contribution in [3.05, 3.63) is 74.8 Å². The summed E-state index contributed by atoms with van der Waals surface area (Å²) in [5, 5.41) is 12.9. The van der Waals surface area contributed by atoms with Crippen molar-refractivity contribution < 1.29 is 14.3 Å². The molecule has 0 aliphatic heterocycles. The standard InChI is InChI=1S/C23H22FN3O3/c1-4-16-12-19(24)5-6-20(16)25-23(30)27(7-8-28)13-18-11-17-10-14(2)9-15(3)21(17)26-22(18)29/h1,5-6,9-12,28H,7-8,13H2,2-3H3,(H,25,30)(H,26,29). The van der Waals surface area contributed by atoms with Crippen LogP contribution in [-0.2, 0) is 6.54 Å². The number of urea groups is 1. The van der Waals surface area contributed by atoms with Gasteiger partial charge in [0.1, 0.15) is 5.82 Å². The highest BCUT2D eigenvalue weighted by Gasteiger charge is 2.17. The third-order valence-corrected chi connectivity index (χ3v) is 4.77. The van der Waals surface area contributed by atoms with Crippen LogP contribution in [0.5, 0.6) is 0 Å². The lowest BCUT2D eigenvalue weighted by atomic mass is 10.1. The third-order valence-electron chi connectivity index (χ3n) is 4.77. The molecule has 154 valence electrons. The minimum atomic E-state index is -0.563. The number of halogens is 1. The number of aryl methyl sites for hydroxylation is 2. The summed E-state index contributed by atoms with van der Waals surface area (Å²) < 4.78 is 13.4. The van der Waals surface area contributed by atoms with Crippen LogP contribution in [-0.4, -0.2) is 34.2 Å². The maximum absolute atomic E-state index is 13.4. The second-order valence-electron chi connectivity index (χ2n) is 7.08. The molecule has 0 radical (unpaired) electrons. The Balaban J connectivity index is 1.90. The number of nitrogens with zero attached hydrogens (tertiary/aromatic N) is 1. The minimum Gasteiger partial charge on any atom is -0.395 e. The van der Waals surface area contributed by atoms with E-state index in [0.29, 0.717) is 5.56 Å². The van der Waals surface area contributed by atoms with E-state index >= 15 is 0 Å². The number of amides is 2. The van der Waals surface area contributed by atoms with Crippen LogP contribution in [0.1, 0.15) is 22.3 Å². The number of fused-ring (bicyclic) bond motifs is 1. The van der Waals surface area contributed by atoms with E-state index in [-0.39, 0.29) is 36.5 Å². The maximum Gasteiger partial charge on any atom is 0.322 e. The van der Waals surface area contributed by atoms with Gasteiger partial charge in [0, 0.05) is 12.1 Å². The van der Waals surface area contributed by atoms with E-state index in [0.717, 1.165) is 28.1 Å². The SMILES string of the molecule is C#Cc1cc(F)ccc1NC(=O)N(CCO)Cc1cc2cc(C)cc(C)c2[nH]c1=O. The number of carbonyl (C=O) groups is 1. The number of aromatic amines is 1. The van der Waals surface area contributed by atoms with Gasteiger partial charge in [-0.15, -0.1) is 6.42 Å². The van der Waals surface area contributed by atoms with Gasteiger partial charge >= 0.3 is 6.03 Å². The molecule has 0 aliphatic rings. The Bertz CT molecular complexity index is 1210. The molecule has 6 nitrogen and oxygen atoms in total. The number of hydrogen-bond donors (Lipinski definition) is 3. The largest absolute Gasteiger partial charge is 0.395 e. The number of hydrogen-bond acceptors (Lipinski definition) is 3. The zero-order valence-electron chi connectivity index (χ0n) is 16.8. The molecule has 1 heterocycles. The van der Waals surface area contributed by atoms with Gasteiger partial charge in [-0.1, -0.05) is 17.6 Å². The van der Waals surface area contributed by atoms with Gasteiger partial charge in [0.25, 0.3) is 5.56 Å². The van der Waals surface area contributed by atoms with E-state index in [1.807, 2.05) is 26.0 Å². The first-order chi connectivity index (χ1) is 14.3. The Kier molecular flexibility index (Phi) is 6.19. The Morgan fingerprint density at radius 2 is 2.03 bits per heavy atom. The van der Waals surface area contributed by atoms with E-state index in [2.05, 4.69) is 16.2 Å². The molecule has 3 rings (SSSR count). The highest BCUT2D eigenvalue weighted by atomic mass is 19.1. The zero-order chi connectivity index (χ0) is 21.8. The van der Waals surface area contributed by atoms with Crippen LogP contribution in [0.15, 0.2) is 41.2 Å². The molecule has 30 heavy (non-hydrogen) atoms. The quantitative estimate of drug-likeness (QED) is 0.568. The number of aromatic nitrogens is 1. The minimum absolute atomic E-state index is 0.00272. The first-order valence-electron chi connectivity index (χ1n) is 9.38. The van der Waals surface area contributed by atoms with Crippen LogP contribution in [0.4, 0.5) is 14.9 Å². The summed E-state index contributed by atoms with van der Waals surface area (Å²) in [5.74, 6) is 1.81. The number of aliphatic hydroxyl groups excluding tert-OH is 1. The molecule has 1 aromatic heterocycles. The van der Waals surface area contributed by atoms with Crippen molar-refractivity contribution in [2.24, 2.45) is 0 Å². The Morgan fingerprint density at radius 1 is 1.27 bits per heavy atom. The highest BCUT2D eigenvalue weighted by molar-refractivity contribution is 5.91. The molecule has 3 aromatic rings. The predicted molar refractivity (Wildman–Crippen MR) is 115 cm³/mol. The Morgan fingerprint density at radius 3 is 2.73 bits per heavy atom. The van der Waals surface area contributed by atoms with Crippen molar-refractivity contribution in [2.45, 2.75) is 20.4 Å². The molecule has 2 aromatic carbocycles. The first kappa shape index (κ1) is 21.1. The molecule has 2 amide bonds. The average Bonchev–Trinajstić information content (AvgIpc) is 2.70. The molecule has 0 spiro atoms. The van der Waals surface area contributed by atoms with E-state index < -0.39 is 11.8 Å². The van der Waals surface area contributed by atoms with Gasteiger partial charge in [-0.2, -0.15) is 0 Å². The van der Waals surface area contributed by atoms with Gasteiger partial charge < -0.3 is 20.3 Å². The van der Waals surface area contributed by atoms with E-state index in [1.165, 1.54) is 17.0 Å². The number of H-pyrrole nitrogens is 1. The van der Waals surface area contributed by atoms with Crippen molar-refractivity contribution in [2.75, 3.05) is 18.5 Å². The smallest absolute Gasteiger partial charge is 0.322 e. The Hall–Kier alpha value is -3.63. The molecule has 0 atom stereocenters. The van der Waals surface area contributed by atoms with Crippen molar-refractivity contribution in [3.63, 3.8) is 0 Å². The molecule has 0 aliphatic carbocycles. The summed E-state index contributed by atoms with van der Waals surface area (Å²) in [5.41, 5.74) is 3.30. The fourth-order valence-corrected chi connectivity index (χ4v) is 3.37. The maximum atomic E-state index is 13.4. The summed E-state index contributed by atoms with van der Waals surface area (Å²) in [6, 6.07) is 8.82. The lowest BCUT2D eigenvalue weighted by Crippen LogP contribution is -2.38. The van der Waals surface area contributed by atoms with Crippen LogP contribution in [0, 0.1) is 32.0 Å². The summed E-state index contributed by atoms with van der Waals surface area (Å²) in [7, 11) is 0. The van der Waals surface area contributed by atoms with Crippen LogP contribution >= 0.6 is 0 Å². The van der Waals surface area contributed by atoms with Crippen molar-refractivity contribution >= 4 is 22.6 Å². The molecule has 7 heteroatoms. The summed E-state index contributed by atoms with van der Waals surface area (Å²) in [6.07, 6.45) is 5.38. The van der Waals surface area contributed by atoms with E-state index in [4.69, 9.17) is 6.42 Å². The van der Waals surface area contributed by atoms with Gasteiger partial charge in [-0.3, -0.25) is 4.79 Å². The van der Waals surface area contributed by atoms with Crippen LogP contribution in [0.2, 0.25) is 0 Å². The molecule has 0 fully saturated rings. The van der Waals surface area contributed by atoms with Gasteiger partial charge in [-0.25, -0.2) is 9.18 Å². The molecule has 0 saturated heterocycles. The third kappa shape index (κ3) is 4.50. The van der Waals surface area contributed by atoms with Gasteiger partial charge in [0.05, 0.1) is 29.9 Å². The van der Waals surface area contributed by atoms with Crippen LogP contribution < -0.4 is 10.9 Å². The van der Waals surface area contributed by atoms with E-state index in [9.17, 15) is 19.1 Å². The van der Waals surface area contributed by atoms with Crippen molar-refractivity contribution in [1.82, 2.24) is 9.88 Å². The molecule has 0 bridgehead atoms. The van der Waals surface area contributed by atoms with Crippen LogP contribution in [0.3, 0.4) is 0 Å². The zero-order valence-corrected chi connectivity index (χ0v) is 16.8. The number of nitrogens with one attached hydrogen (secondary N) is 2. The summed E-state index contributed by atoms with van der Waals surface area (Å²) in [6.45, 7) is 3.58. The number of benzene rings is 2.